The highest BCUT2D eigenvalue weighted by Gasteiger charge is 2.16. The molecule has 4 aromatic rings. The van der Waals surface area contributed by atoms with Gasteiger partial charge in [-0.25, -0.2) is 4.39 Å². The van der Waals surface area contributed by atoms with Crippen molar-refractivity contribution in [3.05, 3.63) is 76.8 Å². The Labute approximate surface area is 189 Å². The number of aliphatic hydroxyl groups is 1. The zero-order valence-electron chi connectivity index (χ0n) is 17.4. The van der Waals surface area contributed by atoms with Gasteiger partial charge in [0.05, 0.1) is 17.3 Å². The van der Waals surface area contributed by atoms with Gasteiger partial charge in [0.2, 0.25) is 5.82 Å². The van der Waals surface area contributed by atoms with Crippen molar-refractivity contribution in [2.24, 2.45) is 0 Å². The number of hydrogen-bond acceptors (Lipinski definition) is 6. The number of rotatable bonds is 8. The summed E-state index contributed by atoms with van der Waals surface area (Å²) in [5.41, 5.74) is 4.06. The molecule has 0 atom stereocenters. The number of halogens is 2. The summed E-state index contributed by atoms with van der Waals surface area (Å²) in [6, 6.07) is 13.8. The summed E-state index contributed by atoms with van der Waals surface area (Å²) in [4.78, 5) is 8.82. The Morgan fingerprint density at radius 2 is 1.94 bits per heavy atom. The molecular weight excluding hydrogens is 433 g/mol. The van der Waals surface area contributed by atoms with Crippen LogP contribution in [0.1, 0.15) is 17.7 Å². The zero-order chi connectivity index (χ0) is 22.5. The summed E-state index contributed by atoms with van der Waals surface area (Å²) in [7, 11) is 1.59. The first kappa shape index (κ1) is 22.1. The molecule has 0 fully saturated rings. The minimum Gasteiger partial charge on any atom is -0.396 e. The van der Waals surface area contributed by atoms with Crippen LogP contribution >= 0.6 is 11.6 Å². The molecule has 0 saturated carbocycles. The first-order chi connectivity index (χ1) is 15.6. The van der Waals surface area contributed by atoms with Gasteiger partial charge in [0, 0.05) is 36.6 Å². The lowest BCUT2D eigenvalue weighted by molar-refractivity contribution is 0.185. The first-order valence-corrected chi connectivity index (χ1v) is 10.4. The molecule has 0 saturated heterocycles. The van der Waals surface area contributed by atoms with Crippen molar-refractivity contribution in [1.82, 2.24) is 15.1 Å². The van der Waals surface area contributed by atoms with Gasteiger partial charge in [-0.1, -0.05) is 41.0 Å². The molecule has 0 unspecified atom stereocenters. The monoisotopic (exact) mass is 453 g/mol. The number of methoxy groups -OCH3 is 1. The summed E-state index contributed by atoms with van der Waals surface area (Å²) < 4.78 is 25.1. The van der Waals surface area contributed by atoms with Crippen LogP contribution in [0.2, 0.25) is 5.02 Å². The minimum atomic E-state index is -0.301. The Morgan fingerprint density at radius 1 is 1.09 bits per heavy atom. The normalized spacial score (nSPS) is 11.1. The van der Waals surface area contributed by atoms with Crippen LogP contribution in [0, 0.1) is 5.82 Å². The summed E-state index contributed by atoms with van der Waals surface area (Å²) in [6.07, 6.45) is 2.81. The van der Waals surface area contributed by atoms with E-state index in [4.69, 9.17) is 26.0 Å². The SMILES string of the molecule is COCc1cc(-c2nc(-c3cnc(CCCO)c(Cl)c3)no2)ccc1-c1ccccc1F. The minimum absolute atomic E-state index is 0.0781. The summed E-state index contributed by atoms with van der Waals surface area (Å²) in [6.45, 7) is 0.377. The van der Waals surface area contributed by atoms with E-state index >= 15 is 0 Å². The highest BCUT2D eigenvalue weighted by atomic mass is 35.5. The van der Waals surface area contributed by atoms with Gasteiger partial charge in [0.15, 0.2) is 0 Å². The molecular formula is C24H21ClFN3O3. The molecule has 0 amide bonds. The van der Waals surface area contributed by atoms with Crippen LogP contribution in [0.3, 0.4) is 0 Å². The number of hydrogen-bond donors (Lipinski definition) is 1. The van der Waals surface area contributed by atoms with Crippen LogP contribution in [0.4, 0.5) is 4.39 Å². The first-order valence-electron chi connectivity index (χ1n) is 10.1. The molecule has 2 aromatic heterocycles. The van der Waals surface area contributed by atoms with Crippen LogP contribution < -0.4 is 0 Å². The second-order valence-electron chi connectivity index (χ2n) is 7.19. The molecule has 4 rings (SSSR count). The molecule has 164 valence electrons. The average Bonchev–Trinajstić information content (AvgIpc) is 3.29. The number of aromatic nitrogens is 3. The maximum atomic E-state index is 14.3. The van der Waals surface area contributed by atoms with E-state index in [1.54, 1.807) is 43.6 Å². The average molecular weight is 454 g/mol. The third kappa shape index (κ3) is 4.70. The molecule has 32 heavy (non-hydrogen) atoms. The second-order valence-corrected chi connectivity index (χ2v) is 7.59. The van der Waals surface area contributed by atoms with Gasteiger partial charge in [-0.15, -0.1) is 0 Å². The quantitative estimate of drug-likeness (QED) is 0.388. The van der Waals surface area contributed by atoms with Gasteiger partial charge >= 0.3 is 0 Å². The van der Waals surface area contributed by atoms with Crippen LogP contribution in [-0.2, 0) is 17.8 Å². The van der Waals surface area contributed by atoms with E-state index in [-0.39, 0.29) is 12.4 Å². The second kappa shape index (κ2) is 9.99. The lowest BCUT2D eigenvalue weighted by Gasteiger charge is -2.11. The Kier molecular flexibility index (Phi) is 6.90. The molecule has 8 heteroatoms. The maximum absolute atomic E-state index is 14.3. The molecule has 2 heterocycles. The van der Waals surface area contributed by atoms with E-state index in [1.807, 2.05) is 12.1 Å². The predicted octanol–water partition coefficient (Wildman–Crippen LogP) is 5.33. The van der Waals surface area contributed by atoms with E-state index in [0.717, 1.165) is 11.1 Å². The Balaban J connectivity index is 1.65. The van der Waals surface area contributed by atoms with Crippen molar-refractivity contribution in [3.8, 4) is 34.0 Å². The van der Waals surface area contributed by atoms with Gasteiger partial charge in [-0.3, -0.25) is 4.98 Å². The number of benzene rings is 2. The molecule has 6 nitrogen and oxygen atoms in total. The summed E-state index contributed by atoms with van der Waals surface area (Å²) >= 11 is 6.31. The molecule has 2 aromatic carbocycles. The largest absolute Gasteiger partial charge is 0.396 e. The van der Waals surface area contributed by atoms with Gasteiger partial charge < -0.3 is 14.4 Å². The van der Waals surface area contributed by atoms with Crippen LogP contribution in [0.5, 0.6) is 0 Å². The number of ether oxygens (including phenoxy) is 1. The number of aryl methyl sites for hydroxylation is 1. The molecule has 0 aliphatic carbocycles. The van der Waals surface area contributed by atoms with Gasteiger partial charge in [-0.2, -0.15) is 4.98 Å². The van der Waals surface area contributed by atoms with Crippen molar-refractivity contribution in [2.45, 2.75) is 19.4 Å². The van der Waals surface area contributed by atoms with E-state index in [2.05, 4.69) is 15.1 Å². The molecule has 0 aliphatic rings. The standard InChI is InChI=1S/C24H21ClFN3O3/c1-31-14-17-11-15(8-9-18(17)19-5-2-3-6-21(19)26)24-28-23(29-32-24)16-12-20(25)22(27-13-16)7-4-10-30/h2-3,5-6,8-9,11-13,30H,4,7,10,14H2,1H3. The van der Waals surface area contributed by atoms with Crippen LogP contribution in [0.25, 0.3) is 34.0 Å². The third-order valence-corrected chi connectivity index (χ3v) is 5.32. The van der Waals surface area contributed by atoms with Gasteiger partial charge in [0.1, 0.15) is 5.82 Å². The number of aliphatic hydroxyl groups excluding tert-OH is 1. The molecule has 0 aliphatic heterocycles. The van der Waals surface area contributed by atoms with E-state index in [9.17, 15) is 4.39 Å². The number of nitrogens with zero attached hydrogens (tertiary/aromatic N) is 3. The maximum Gasteiger partial charge on any atom is 0.258 e. The van der Waals surface area contributed by atoms with Crippen molar-refractivity contribution in [3.63, 3.8) is 0 Å². The lowest BCUT2D eigenvalue weighted by Crippen LogP contribution is -1.96. The molecule has 0 radical (unpaired) electrons. The molecule has 1 N–H and O–H groups in total. The smallest absolute Gasteiger partial charge is 0.258 e. The van der Waals surface area contributed by atoms with Gasteiger partial charge in [-0.05, 0) is 48.2 Å². The van der Waals surface area contributed by atoms with Crippen molar-refractivity contribution < 1.29 is 18.8 Å². The lowest BCUT2D eigenvalue weighted by atomic mass is 9.97. The topological polar surface area (TPSA) is 81.3 Å². The Morgan fingerprint density at radius 3 is 2.69 bits per heavy atom. The molecule has 0 spiro atoms. The highest BCUT2D eigenvalue weighted by molar-refractivity contribution is 6.31. The number of pyridine rings is 1. The molecule has 0 bridgehead atoms. The van der Waals surface area contributed by atoms with Crippen molar-refractivity contribution in [1.29, 1.82) is 0 Å². The van der Waals surface area contributed by atoms with Crippen molar-refractivity contribution in [2.75, 3.05) is 13.7 Å². The fraction of sp³-hybridized carbons (Fsp3) is 0.208. The predicted molar refractivity (Wildman–Crippen MR) is 119 cm³/mol. The van der Waals surface area contributed by atoms with Crippen molar-refractivity contribution >= 4 is 11.6 Å². The summed E-state index contributed by atoms with van der Waals surface area (Å²) in [5.74, 6) is 0.372. The van der Waals surface area contributed by atoms with E-state index in [1.165, 1.54) is 6.07 Å². The van der Waals surface area contributed by atoms with Gasteiger partial charge in [0.25, 0.3) is 5.89 Å². The Bertz CT molecular complexity index is 1230. The fourth-order valence-corrected chi connectivity index (χ4v) is 3.68. The summed E-state index contributed by atoms with van der Waals surface area (Å²) in [5, 5.41) is 13.5. The van der Waals surface area contributed by atoms with E-state index < -0.39 is 0 Å². The third-order valence-electron chi connectivity index (χ3n) is 4.99. The van der Waals surface area contributed by atoms with Crippen LogP contribution in [-0.4, -0.2) is 33.9 Å². The fourth-order valence-electron chi connectivity index (χ4n) is 3.42. The van der Waals surface area contributed by atoms with E-state index in [0.29, 0.717) is 58.6 Å². The zero-order valence-corrected chi connectivity index (χ0v) is 18.1. The Hall–Kier alpha value is -3.13. The van der Waals surface area contributed by atoms with Crippen LogP contribution in [0.15, 0.2) is 59.3 Å². The highest BCUT2D eigenvalue weighted by Crippen LogP contribution is 2.31.